The van der Waals surface area contributed by atoms with Crippen LogP contribution in [-0.4, -0.2) is 25.2 Å². The molecule has 5 nitrogen and oxygen atoms in total. The third-order valence-electron chi connectivity index (χ3n) is 5.37. The van der Waals surface area contributed by atoms with E-state index in [9.17, 15) is 13.2 Å². The summed E-state index contributed by atoms with van der Waals surface area (Å²) in [5, 5.41) is 3.52. The van der Waals surface area contributed by atoms with Crippen molar-refractivity contribution < 1.29 is 13.2 Å². The van der Waals surface area contributed by atoms with Gasteiger partial charge in [-0.1, -0.05) is 53.0 Å². The fourth-order valence-electron chi connectivity index (χ4n) is 4.18. The Bertz CT molecular complexity index is 1310. The molecule has 1 amide bonds. The molecule has 8 heteroatoms. The third-order valence-corrected chi connectivity index (χ3v) is 8.21. The summed E-state index contributed by atoms with van der Waals surface area (Å²) in [6, 6.07) is 14.3. The lowest BCUT2D eigenvalue weighted by atomic mass is 10.1. The van der Waals surface area contributed by atoms with Crippen LogP contribution in [0.25, 0.3) is 0 Å². The number of aryl methyl sites for hydroxylation is 5. The number of hydrogen-bond acceptors (Lipinski definition) is 3. The molecule has 0 aliphatic rings. The topological polar surface area (TPSA) is 66.5 Å². The molecule has 3 aromatic carbocycles. The smallest absolute Gasteiger partial charge is 0.244 e. The van der Waals surface area contributed by atoms with Gasteiger partial charge in [-0.25, -0.2) is 8.42 Å². The number of nitrogens with zero attached hydrogens (tertiary/aromatic N) is 1. The van der Waals surface area contributed by atoms with Gasteiger partial charge in [-0.2, -0.15) is 4.31 Å². The fraction of sp³-hybridized carbons (Fsp3) is 0.269. The summed E-state index contributed by atoms with van der Waals surface area (Å²) in [6.45, 7) is 8.93. The van der Waals surface area contributed by atoms with Crippen LogP contribution in [0.2, 0.25) is 10.0 Å². The average Bonchev–Trinajstić information content (AvgIpc) is 2.68. The van der Waals surface area contributed by atoms with E-state index in [0.29, 0.717) is 32.4 Å². The largest absolute Gasteiger partial charge is 0.325 e. The van der Waals surface area contributed by atoms with Crippen molar-refractivity contribution in [1.82, 2.24) is 4.31 Å². The van der Waals surface area contributed by atoms with E-state index in [4.69, 9.17) is 23.2 Å². The van der Waals surface area contributed by atoms with Gasteiger partial charge in [-0.05, 0) is 86.7 Å². The molecule has 0 aliphatic carbocycles. The molecule has 0 fully saturated rings. The van der Waals surface area contributed by atoms with E-state index in [-0.39, 0.29) is 18.0 Å². The number of halogens is 2. The minimum absolute atomic E-state index is 0.0355. The highest BCUT2D eigenvalue weighted by atomic mass is 35.5. The summed E-state index contributed by atoms with van der Waals surface area (Å²) in [4.78, 5) is 13.2. The Kier molecular flexibility index (Phi) is 8.09. The number of amides is 1. The number of sulfonamides is 1. The zero-order valence-electron chi connectivity index (χ0n) is 19.9. The maximum atomic E-state index is 13.8. The first kappa shape index (κ1) is 26.2. The minimum atomic E-state index is -4.01. The van der Waals surface area contributed by atoms with Crippen molar-refractivity contribution in [3.05, 3.63) is 92.0 Å². The predicted octanol–water partition coefficient (Wildman–Crippen LogP) is 6.37. The summed E-state index contributed by atoms with van der Waals surface area (Å²) in [6.07, 6.45) is 0. The molecule has 0 saturated heterocycles. The first-order valence-electron chi connectivity index (χ1n) is 10.8. The molecule has 0 aromatic heterocycles. The van der Waals surface area contributed by atoms with Crippen LogP contribution in [0.5, 0.6) is 0 Å². The van der Waals surface area contributed by atoms with Crippen molar-refractivity contribution >= 4 is 44.8 Å². The van der Waals surface area contributed by atoms with Crippen LogP contribution in [0.3, 0.4) is 0 Å². The molecular formula is C26H28Cl2N2O3S. The first-order chi connectivity index (χ1) is 15.9. The molecule has 0 atom stereocenters. The zero-order chi connectivity index (χ0) is 25.2. The van der Waals surface area contributed by atoms with Gasteiger partial charge < -0.3 is 5.32 Å². The van der Waals surface area contributed by atoms with E-state index >= 15 is 0 Å². The SMILES string of the molecule is Cc1cc(C)cc(NC(=O)CN(Cc2ccc(Cl)c(Cl)c2)S(=O)(=O)c2c(C)cc(C)cc2C)c1. The van der Waals surface area contributed by atoms with E-state index in [0.717, 1.165) is 16.7 Å². The molecule has 1 N–H and O–H groups in total. The Morgan fingerprint density at radius 1 is 0.824 bits per heavy atom. The highest BCUT2D eigenvalue weighted by Crippen LogP contribution is 2.28. The van der Waals surface area contributed by atoms with E-state index in [2.05, 4.69) is 5.32 Å². The summed E-state index contributed by atoms with van der Waals surface area (Å²) < 4.78 is 28.8. The van der Waals surface area contributed by atoms with E-state index in [1.54, 1.807) is 32.0 Å². The van der Waals surface area contributed by atoms with Crippen molar-refractivity contribution in [2.45, 2.75) is 46.1 Å². The van der Waals surface area contributed by atoms with Gasteiger partial charge in [0.2, 0.25) is 15.9 Å². The van der Waals surface area contributed by atoms with Crippen LogP contribution in [0.15, 0.2) is 53.4 Å². The van der Waals surface area contributed by atoms with Crippen molar-refractivity contribution in [1.29, 1.82) is 0 Å². The standard InChI is InChI=1S/C26H28Cl2N2O3S/c1-16-8-17(2)12-22(11-16)29-25(31)15-30(14-21-6-7-23(27)24(28)13-21)34(32,33)26-19(4)9-18(3)10-20(26)5/h6-13H,14-15H2,1-5H3,(H,29,31). The predicted molar refractivity (Wildman–Crippen MR) is 139 cm³/mol. The van der Waals surface area contributed by atoms with Gasteiger partial charge >= 0.3 is 0 Å². The summed E-state index contributed by atoms with van der Waals surface area (Å²) in [7, 11) is -4.01. The Balaban J connectivity index is 1.99. The molecule has 180 valence electrons. The van der Waals surface area contributed by atoms with Gasteiger partial charge in [-0.3, -0.25) is 4.79 Å². The lowest BCUT2D eigenvalue weighted by Gasteiger charge is -2.24. The Hall–Kier alpha value is -2.38. The maximum Gasteiger partial charge on any atom is 0.244 e. The van der Waals surface area contributed by atoms with Gasteiger partial charge in [0.25, 0.3) is 0 Å². The molecule has 3 rings (SSSR count). The summed E-state index contributed by atoms with van der Waals surface area (Å²) in [5.74, 6) is -0.434. The molecule has 0 spiro atoms. The molecule has 0 aliphatic heterocycles. The lowest BCUT2D eigenvalue weighted by molar-refractivity contribution is -0.116. The highest BCUT2D eigenvalue weighted by molar-refractivity contribution is 7.89. The van der Waals surface area contributed by atoms with E-state index < -0.39 is 15.9 Å². The fourth-order valence-corrected chi connectivity index (χ4v) is 6.29. The van der Waals surface area contributed by atoms with Crippen LogP contribution in [0, 0.1) is 34.6 Å². The summed E-state index contributed by atoms with van der Waals surface area (Å²) >= 11 is 12.2. The molecule has 0 heterocycles. The van der Waals surface area contributed by atoms with Gasteiger partial charge in [0, 0.05) is 12.2 Å². The Labute approximate surface area is 211 Å². The van der Waals surface area contributed by atoms with Crippen LogP contribution < -0.4 is 5.32 Å². The van der Waals surface area contributed by atoms with Crippen molar-refractivity contribution in [3.63, 3.8) is 0 Å². The number of benzene rings is 3. The van der Waals surface area contributed by atoms with Crippen LogP contribution in [-0.2, 0) is 21.4 Å². The van der Waals surface area contributed by atoms with Gasteiger partial charge in [0.1, 0.15) is 0 Å². The second-order valence-electron chi connectivity index (χ2n) is 8.67. The van der Waals surface area contributed by atoms with Gasteiger partial charge in [0.05, 0.1) is 21.5 Å². The first-order valence-corrected chi connectivity index (χ1v) is 13.0. The number of nitrogens with one attached hydrogen (secondary N) is 1. The van der Waals surface area contributed by atoms with Crippen molar-refractivity contribution in [2.24, 2.45) is 0 Å². The number of hydrogen-bond donors (Lipinski definition) is 1. The van der Waals surface area contributed by atoms with Crippen LogP contribution >= 0.6 is 23.2 Å². The number of rotatable bonds is 7. The Morgan fingerprint density at radius 2 is 1.38 bits per heavy atom. The number of carbonyl (C=O) groups excluding carboxylic acids is 1. The molecule has 34 heavy (non-hydrogen) atoms. The van der Waals surface area contributed by atoms with E-state index in [1.165, 1.54) is 4.31 Å². The molecule has 0 saturated carbocycles. The quantitative estimate of drug-likeness (QED) is 0.395. The van der Waals surface area contributed by atoms with Gasteiger partial charge in [-0.15, -0.1) is 0 Å². The maximum absolute atomic E-state index is 13.8. The average molecular weight is 519 g/mol. The molecule has 0 bridgehead atoms. The van der Waals surface area contributed by atoms with Crippen molar-refractivity contribution in [2.75, 3.05) is 11.9 Å². The normalized spacial score (nSPS) is 11.6. The summed E-state index contributed by atoms with van der Waals surface area (Å²) in [5.41, 5.74) is 5.48. The Morgan fingerprint density at radius 3 is 1.94 bits per heavy atom. The molecular weight excluding hydrogens is 491 g/mol. The van der Waals surface area contributed by atoms with Gasteiger partial charge in [0.15, 0.2) is 0 Å². The molecule has 0 unspecified atom stereocenters. The molecule has 3 aromatic rings. The lowest BCUT2D eigenvalue weighted by Crippen LogP contribution is -2.38. The third kappa shape index (κ3) is 6.19. The second-order valence-corrected chi connectivity index (χ2v) is 11.4. The zero-order valence-corrected chi connectivity index (χ0v) is 22.2. The number of anilines is 1. The number of carbonyl (C=O) groups is 1. The highest BCUT2D eigenvalue weighted by Gasteiger charge is 2.30. The van der Waals surface area contributed by atoms with Crippen molar-refractivity contribution in [3.8, 4) is 0 Å². The minimum Gasteiger partial charge on any atom is -0.325 e. The molecule has 0 radical (unpaired) electrons. The van der Waals surface area contributed by atoms with Crippen LogP contribution in [0.1, 0.15) is 33.4 Å². The van der Waals surface area contributed by atoms with Crippen LogP contribution in [0.4, 0.5) is 5.69 Å². The van der Waals surface area contributed by atoms with E-state index in [1.807, 2.05) is 51.1 Å². The monoisotopic (exact) mass is 518 g/mol. The second kappa shape index (κ2) is 10.5.